The molecule has 21 heavy (non-hydrogen) atoms. The van der Waals surface area contributed by atoms with Crippen LogP contribution in [-0.4, -0.2) is 25.3 Å². The van der Waals surface area contributed by atoms with Gasteiger partial charge in [0.15, 0.2) is 11.5 Å². The van der Waals surface area contributed by atoms with E-state index in [1.807, 2.05) is 6.07 Å². The molecule has 0 bridgehead atoms. The lowest BCUT2D eigenvalue weighted by Gasteiger charge is -2.16. The third-order valence-corrected chi connectivity index (χ3v) is 2.93. The van der Waals surface area contributed by atoms with Gasteiger partial charge in [-0.3, -0.25) is 4.79 Å². The molecular weight excluding hydrogens is 274 g/mol. The van der Waals surface area contributed by atoms with Crippen LogP contribution >= 0.6 is 0 Å². The van der Waals surface area contributed by atoms with E-state index in [0.29, 0.717) is 16.3 Å². The zero-order valence-corrected chi connectivity index (χ0v) is 11.8. The summed E-state index contributed by atoms with van der Waals surface area (Å²) in [6.45, 7) is 1.26. The molecule has 0 atom stereocenters. The highest BCUT2D eigenvalue weighted by molar-refractivity contribution is 6.00. The van der Waals surface area contributed by atoms with E-state index < -0.39 is 5.97 Å². The normalized spacial score (nSPS) is 10.0. The van der Waals surface area contributed by atoms with Crippen LogP contribution in [0.1, 0.15) is 12.5 Å². The Morgan fingerprint density at radius 2 is 1.81 bits per heavy atom. The monoisotopic (exact) mass is 287 g/mol. The number of phenolic OH excluding ortho intramolecular Hbond substituents is 1. The van der Waals surface area contributed by atoms with Gasteiger partial charge in [-0.15, -0.1) is 0 Å². The second-order valence-electron chi connectivity index (χ2n) is 4.21. The molecule has 0 aliphatic heterocycles. The molecule has 1 N–H and O–H groups in total. The number of nitrogens with zero attached hydrogens (tertiary/aromatic N) is 1. The Hall–Kier alpha value is -2.94. The summed E-state index contributed by atoms with van der Waals surface area (Å²) in [4.78, 5) is 11.3. The van der Waals surface area contributed by atoms with Crippen molar-refractivity contribution in [2.75, 3.05) is 14.2 Å². The van der Waals surface area contributed by atoms with E-state index in [2.05, 4.69) is 0 Å². The number of hydrogen-bond donors (Lipinski definition) is 1. The second-order valence-corrected chi connectivity index (χ2v) is 4.21. The summed E-state index contributed by atoms with van der Waals surface area (Å²) in [5.74, 6) is -0.429. The molecule has 6 heteroatoms. The second kappa shape index (κ2) is 5.59. The van der Waals surface area contributed by atoms with Crippen molar-refractivity contribution in [1.82, 2.24) is 0 Å². The average molecular weight is 287 g/mol. The van der Waals surface area contributed by atoms with Gasteiger partial charge >= 0.3 is 5.97 Å². The van der Waals surface area contributed by atoms with Crippen molar-refractivity contribution in [1.29, 1.82) is 5.26 Å². The van der Waals surface area contributed by atoms with E-state index >= 15 is 0 Å². The third kappa shape index (κ3) is 2.41. The van der Waals surface area contributed by atoms with Crippen LogP contribution in [0, 0.1) is 11.3 Å². The Balaban J connectivity index is 2.92. The average Bonchev–Trinajstić information content (AvgIpc) is 2.48. The maximum Gasteiger partial charge on any atom is 0.308 e. The zero-order chi connectivity index (χ0) is 15.6. The lowest BCUT2D eigenvalue weighted by molar-refractivity contribution is -0.131. The van der Waals surface area contributed by atoms with Gasteiger partial charge in [-0.25, -0.2) is 0 Å². The fraction of sp³-hybridized carbons (Fsp3) is 0.200. The number of phenols is 1. The smallest absolute Gasteiger partial charge is 0.308 e. The van der Waals surface area contributed by atoms with Gasteiger partial charge in [0.05, 0.1) is 25.9 Å². The van der Waals surface area contributed by atoms with Gasteiger partial charge in [0.2, 0.25) is 11.5 Å². The van der Waals surface area contributed by atoms with Crippen LogP contribution in [0.3, 0.4) is 0 Å². The van der Waals surface area contributed by atoms with Crippen molar-refractivity contribution in [2.24, 2.45) is 0 Å². The summed E-state index contributed by atoms with van der Waals surface area (Å²) in [6, 6.07) is 6.60. The largest absolute Gasteiger partial charge is 0.504 e. The van der Waals surface area contributed by atoms with Crippen molar-refractivity contribution in [3.05, 3.63) is 23.8 Å². The molecule has 0 unspecified atom stereocenters. The highest BCUT2D eigenvalue weighted by atomic mass is 16.6. The summed E-state index contributed by atoms with van der Waals surface area (Å²) in [7, 11) is 2.73. The minimum atomic E-state index is -0.535. The molecule has 0 heterocycles. The number of hydrogen-bond acceptors (Lipinski definition) is 6. The molecule has 0 saturated carbocycles. The van der Waals surface area contributed by atoms with Gasteiger partial charge < -0.3 is 19.3 Å². The Kier molecular flexibility index (Phi) is 3.85. The van der Waals surface area contributed by atoms with Gasteiger partial charge in [0.1, 0.15) is 0 Å². The van der Waals surface area contributed by atoms with E-state index in [9.17, 15) is 9.90 Å². The van der Waals surface area contributed by atoms with E-state index in [1.54, 1.807) is 12.1 Å². The fourth-order valence-corrected chi connectivity index (χ4v) is 2.08. The SMILES string of the molecule is COc1c(OC)c(OC(C)=O)c2ccc(C#N)cc2c1O. The van der Waals surface area contributed by atoms with Crippen molar-refractivity contribution < 1.29 is 24.1 Å². The van der Waals surface area contributed by atoms with E-state index in [-0.39, 0.29) is 23.0 Å². The molecule has 2 aromatic rings. The number of carbonyl (C=O) groups is 1. The predicted octanol–water partition coefficient (Wildman–Crippen LogP) is 2.36. The summed E-state index contributed by atoms with van der Waals surface area (Å²) in [6.07, 6.45) is 0. The Morgan fingerprint density at radius 1 is 1.14 bits per heavy atom. The lowest BCUT2D eigenvalue weighted by Crippen LogP contribution is -2.05. The molecule has 0 amide bonds. The molecule has 0 aliphatic carbocycles. The maximum atomic E-state index is 11.3. The molecular formula is C15H13NO5. The molecule has 2 aromatic carbocycles. The standard InChI is InChI=1S/C15H13NO5/c1-8(17)21-13-10-5-4-9(7-16)6-11(10)12(18)14(19-2)15(13)20-3/h4-6,18H,1-3H3. The van der Waals surface area contributed by atoms with Gasteiger partial charge in [-0.05, 0) is 18.2 Å². The number of aromatic hydroxyl groups is 1. The van der Waals surface area contributed by atoms with Crippen molar-refractivity contribution >= 4 is 16.7 Å². The van der Waals surface area contributed by atoms with Crippen LogP contribution in [0.25, 0.3) is 10.8 Å². The molecule has 0 radical (unpaired) electrons. The first-order valence-corrected chi connectivity index (χ1v) is 6.02. The first kappa shape index (κ1) is 14.5. The lowest BCUT2D eigenvalue weighted by atomic mass is 10.0. The van der Waals surface area contributed by atoms with Gasteiger partial charge in [-0.2, -0.15) is 5.26 Å². The van der Waals surface area contributed by atoms with Crippen LogP contribution in [0.5, 0.6) is 23.0 Å². The van der Waals surface area contributed by atoms with Crippen LogP contribution < -0.4 is 14.2 Å². The molecule has 108 valence electrons. The van der Waals surface area contributed by atoms with Crippen molar-refractivity contribution in [2.45, 2.75) is 6.92 Å². The number of esters is 1. The van der Waals surface area contributed by atoms with Crippen LogP contribution in [0.15, 0.2) is 18.2 Å². The predicted molar refractivity (Wildman–Crippen MR) is 74.7 cm³/mol. The summed E-state index contributed by atoms with van der Waals surface area (Å²) >= 11 is 0. The number of benzene rings is 2. The van der Waals surface area contributed by atoms with Crippen molar-refractivity contribution in [3.8, 4) is 29.1 Å². The number of carbonyl (C=O) groups excluding carboxylic acids is 1. The molecule has 0 aromatic heterocycles. The molecule has 2 rings (SSSR count). The highest BCUT2D eigenvalue weighted by Crippen LogP contribution is 2.50. The molecule has 0 spiro atoms. The Labute approximate surface area is 121 Å². The zero-order valence-electron chi connectivity index (χ0n) is 11.8. The molecule has 6 nitrogen and oxygen atoms in total. The van der Waals surface area contributed by atoms with E-state index in [0.717, 1.165) is 0 Å². The topological polar surface area (TPSA) is 88.8 Å². The van der Waals surface area contributed by atoms with Crippen LogP contribution in [-0.2, 0) is 4.79 Å². The molecule has 0 fully saturated rings. The first-order chi connectivity index (χ1) is 10.0. The molecule has 0 saturated heterocycles. The van der Waals surface area contributed by atoms with Gasteiger partial charge in [0, 0.05) is 17.7 Å². The number of nitriles is 1. The summed E-state index contributed by atoms with van der Waals surface area (Å²) in [5, 5.41) is 20.0. The highest BCUT2D eigenvalue weighted by Gasteiger charge is 2.23. The number of rotatable bonds is 3. The maximum absolute atomic E-state index is 11.3. The third-order valence-electron chi connectivity index (χ3n) is 2.93. The number of methoxy groups -OCH3 is 2. The van der Waals surface area contributed by atoms with Crippen molar-refractivity contribution in [3.63, 3.8) is 0 Å². The van der Waals surface area contributed by atoms with E-state index in [4.69, 9.17) is 19.5 Å². The Morgan fingerprint density at radius 3 is 2.33 bits per heavy atom. The summed E-state index contributed by atoms with van der Waals surface area (Å²) < 4.78 is 15.5. The summed E-state index contributed by atoms with van der Waals surface area (Å²) in [5.41, 5.74) is 0.360. The minimum Gasteiger partial charge on any atom is -0.504 e. The quantitative estimate of drug-likeness (QED) is 0.688. The first-order valence-electron chi connectivity index (χ1n) is 6.02. The number of ether oxygens (including phenoxy) is 3. The number of fused-ring (bicyclic) bond motifs is 1. The van der Waals surface area contributed by atoms with Gasteiger partial charge in [0.25, 0.3) is 0 Å². The van der Waals surface area contributed by atoms with E-state index in [1.165, 1.54) is 27.2 Å². The van der Waals surface area contributed by atoms with Crippen LogP contribution in [0.2, 0.25) is 0 Å². The fourth-order valence-electron chi connectivity index (χ4n) is 2.08. The van der Waals surface area contributed by atoms with Gasteiger partial charge in [-0.1, -0.05) is 0 Å². The minimum absolute atomic E-state index is 0.0383. The Bertz CT molecular complexity index is 761. The van der Waals surface area contributed by atoms with Crippen LogP contribution in [0.4, 0.5) is 0 Å². The molecule has 0 aliphatic rings.